The number of nitrogens with one attached hydrogen (secondary N) is 1. The number of para-hydroxylation sites is 1. The maximum absolute atomic E-state index is 13.2. The second-order valence-electron chi connectivity index (χ2n) is 8.01. The zero-order valence-electron chi connectivity index (χ0n) is 15.9. The van der Waals surface area contributed by atoms with Gasteiger partial charge in [0.15, 0.2) is 0 Å². The first kappa shape index (κ1) is 17.1. The number of likely N-dealkylation sites (tertiary alicyclic amines) is 1. The largest absolute Gasteiger partial charge is 0.338 e. The third-order valence-electron chi connectivity index (χ3n) is 6.19. The number of hydrogen-bond acceptors (Lipinski definition) is 4. The molecule has 28 heavy (non-hydrogen) atoms. The molecule has 3 aromatic rings. The number of pyridine rings is 1. The second kappa shape index (κ2) is 6.26. The first-order valence-corrected chi connectivity index (χ1v) is 9.80. The van der Waals surface area contributed by atoms with E-state index in [4.69, 9.17) is 4.98 Å². The van der Waals surface area contributed by atoms with E-state index in [0.29, 0.717) is 17.9 Å². The molecule has 1 aliphatic carbocycles. The zero-order chi connectivity index (χ0) is 19.3. The molecule has 1 spiro atoms. The van der Waals surface area contributed by atoms with Crippen LogP contribution in [0.25, 0.3) is 10.9 Å². The lowest BCUT2D eigenvalue weighted by atomic mass is 9.77. The Morgan fingerprint density at radius 2 is 2.11 bits per heavy atom. The fourth-order valence-electron chi connectivity index (χ4n) is 4.84. The lowest BCUT2D eigenvalue weighted by Crippen LogP contribution is -2.48. The number of nitrogens with zero attached hydrogens (tertiary/aromatic N) is 3. The van der Waals surface area contributed by atoms with E-state index < -0.39 is 0 Å². The minimum Gasteiger partial charge on any atom is -0.338 e. The highest BCUT2D eigenvalue weighted by Crippen LogP contribution is 2.43. The van der Waals surface area contributed by atoms with Gasteiger partial charge in [-0.15, -0.1) is 0 Å². The molecule has 1 saturated heterocycles. The van der Waals surface area contributed by atoms with Crippen LogP contribution in [0.5, 0.6) is 0 Å². The van der Waals surface area contributed by atoms with Gasteiger partial charge in [-0.25, -0.2) is 4.98 Å². The molecular formula is C22H22N4O2. The topological polar surface area (TPSA) is 79.0 Å². The monoisotopic (exact) mass is 374 g/mol. The number of aromatic amines is 1. The van der Waals surface area contributed by atoms with E-state index in [0.717, 1.165) is 54.4 Å². The number of aryl methyl sites for hydroxylation is 1. The van der Waals surface area contributed by atoms with Gasteiger partial charge in [-0.2, -0.15) is 0 Å². The Morgan fingerprint density at radius 3 is 3.00 bits per heavy atom. The molecule has 1 aromatic carbocycles. The van der Waals surface area contributed by atoms with Crippen molar-refractivity contribution in [2.24, 2.45) is 0 Å². The van der Waals surface area contributed by atoms with E-state index >= 15 is 0 Å². The molecule has 1 atom stereocenters. The number of carbonyl (C=O) groups excluding carboxylic acids is 1. The van der Waals surface area contributed by atoms with Crippen molar-refractivity contribution < 1.29 is 4.79 Å². The standard InChI is InChI=1S/C22H22N4O2/c1-14-24-19-17(20(27)25-14)7-9-22(19)8-4-10-26(13-22)21(28)16-11-15-5-2-3-6-18(15)23-12-16/h2-3,5-6,11-12H,4,7-10,13H2,1H3,(H,24,25,27). The van der Waals surface area contributed by atoms with Crippen LogP contribution < -0.4 is 5.56 Å². The summed E-state index contributed by atoms with van der Waals surface area (Å²) in [6.07, 6.45) is 5.16. The van der Waals surface area contributed by atoms with Gasteiger partial charge in [0.05, 0.1) is 16.8 Å². The van der Waals surface area contributed by atoms with E-state index in [9.17, 15) is 9.59 Å². The summed E-state index contributed by atoms with van der Waals surface area (Å²) in [4.78, 5) is 39.4. The second-order valence-corrected chi connectivity index (χ2v) is 8.01. The summed E-state index contributed by atoms with van der Waals surface area (Å²) in [7, 11) is 0. The molecule has 3 heterocycles. The molecule has 142 valence electrons. The van der Waals surface area contributed by atoms with Crippen LogP contribution in [0, 0.1) is 6.92 Å². The number of amides is 1. The Morgan fingerprint density at radius 1 is 1.25 bits per heavy atom. The molecule has 2 aliphatic rings. The average molecular weight is 374 g/mol. The zero-order valence-corrected chi connectivity index (χ0v) is 15.9. The number of rotatable bonds is 1. The number of carbonyl (C=O) groups is 1. The molecule has 1 N–H and O–H groups in total. The summed E-state index contributed by atoms with van der Waals surface area (Å²) in [6, 6.07) is 9.74. The Labute approximate surface area is 162 Å². The SMILES string of the molecule is Cc1nc2c(c(=O)[nH]1)CCC21CCCN(C(=O)c2cnc3ccccc3c2)C1. The predicted molar refractivity (Wildman–Crippen MR) is 106 cm³/mol. The van der Waals surface area contributed by atoms with Gasteiger partial charge in [0.2, 0.25) is 0 Å². The van der Waals surface area contributed by atoms with Gasteiger partial charge in [0.1, 0.15) is 5.82 Å². The van der Waals surface area contributed by atoms with Crippen LogP contribution in [-0.4, -0.2) is 38.8 Å². The summed E-state index contributed by atoms with van der Waals surface area (Å²) in [5, 5.41) is 0.968. The van der Waals surface area contributed by atoms with Crippen LogP contribution >= 0.6 is 0 Å². The number of aromatic nitrogens is 3. The number of benzene rings is 1. The highest BCUT2D eigenvalue weighted by Gasteiger charge is 2.45. The maximum Gasteiger partial charge on any atom is 0.255 e. The molecular weight excluding hydrogens is 352 g/mol. The van der Waals surface area contributed by atoms with Crippen LogP contribution in [0.2, 0.25) is 0 Å². The number of fused-ring (bicyclic) bond motifs is 3. The van der Waals surface area contributed by atoms with Crippen molar-refractivity contribution in [3.05, 3.63) is 69.5 Å². The van der Waals surface area contributed by atoms with Crippen molar-refractivity contribution in [2.45, 2.75) is 38.0 Å². The Hall–Kier alpha value is -3.02. The number of H-pyrrole nitrogens is 1. The van der Waals surface area contributed by atoms with Gasteiger partial charge in [-0.1, -0.05) is 18.2 Å². The fourth-order valence-corrected chi connectivity index (χ4v) is 4.84. The third-order valence-corrected chi connectivity index (χ3v) is 6.19. The molecule has 5 rings (SSSR count). The normalized spacial score (nSPS) is 21.2. The lowest BCUT2D eigenvalue weighted by molar-refractivity contribution is 0.0633. The molecule has 1 fully saturated rings. The molecule has 1 amide bonds. The molecule has 0 radical (unpaired) electrons. The Bertz CT molecular complexity index is 1150. The molecule has 0 bridgehead atoms. The van der Waals surface area contributed by atoms with Crippen molar-refractivity contribution in [1.82, 2.24) is 19.9 Å². The fraction of sp³-hybridized carbons (Fsp3) is 0.364. The van der Waals surface area contributed by atoms with E-state index in [2.05, 4.69) is 9.97 Å². The quantitative estimate of drug-likeness (QED) is 0.710. The molecule has 2 aromatic heterocycles. The summed E-state index contributed by atoms with van der Waals surface area (Å²) >= 11 is 0. The minimum atomic E-state index is -0.202. The predicted octanol–water partition coefficient (Wildman–Crippen LogP) is 2.75. The molecule has 6 heteroatoms. The van der Waals surface area contributed by atoms with Crippen LogP contribution in [-0.2, 0) is 11.8 Å². The number of hydrogen-bond donors (Lipinski definition) is 1. The summed E-state index contributed by atoms with van der Waals surface area (Å²) in [6.45, 7) is 3.16. The van der Waals surface area contributed by atoms with E-state index in [1.807, 2.05) is 42.2 Å². The van der Waals surface area contributed by atoms with Crippen molar-refractivity contribution in [2.75, 3.05) is 13.1 Å². The molecule has 1 unspecified atom stereocenters. The highest BCUT2D eigenvalue weighted by molar-refractivity contribution is 5.97. The van der Waals surface area contributed by atoms with Crippen LogP contribution in [0.1, 0.15) is 46.7 Å². The van der Waals surface area contributed by atoms with Crippen molar-refractivity contribution in [1.29, 1.82) is 0 Å². The average Bonchev–Trinajstić information content (AvgIpc) is 3.05. The van der Waals surface area contributed by atoms with Gasteiger partial charge in [-0.05, 0) is 44.7 Å². The van der Waals surface area contributed by atoms with Crippen molar-refractivity contribution in [3.8, 4) is 0 Å². The number of piperidine rings is 1. The van der Waals surface area contributed by atoms with Crippen LogP contribution in [0.3, 0.4) is 0 Å². The third kappa shape index (κ3) is 2.63. The van der Waals surface area contributed by atoms with Gasteiger partial charge >= 0.3 is 0 Å². The summed E-state index contributed by atoms with van der Waals surface area (Å²) in [5.41, 5.74) is 2.98. The van der Waals surface area contributed by atoms with Gasteiger partial charge in [0, 0.05) is 35.7 Å². The van der Waals surface area contributed by atoms with Crippen molar-refractivity contribution >= 4 is 16.8 Å². The first-order valence-electron chi connectivity index (χ1n) is 9.80. The van der Waals surface area contributed by atoms with Crippen LogP contribution in [0.4, 0.5) is 0 Å². The minimum absolute atomic E-state index is 0.00680. The van der Waals surface area contributed by atoms with E-state index in [-0.39, 0.29) is 16.9 Å². The van der Waals surface area contributed by atoms with Gasteiger partial charge in [-0.3, -0.25) is 14.6 Å². The smallest absolute Gasteiger partial charge is 0.255 e. The van der Waals surface area contributed by atoms with Gasteiger partial charge < -0.3 is 9.88 Å². The molecule has 1 aliphatic heterocycles. The summed E-state index contributed by atoms with van der Waals surface area (Å²) in [5.74, 6) is 0.652. The molecule has 0 saturated carbocycles. The van der Waals surface area contributed by atoms with E-state index in [1.54, 1.807) is 6.20 Å². The Kier molecular flexibility index (Phi) is 3.82. The van der Waals surface area contributed by atoms with Gasteiger partial charge in [0.25, 0.3) is 11.5 Å². The summed E-state index contributed by atoms with van der Waals surface area (Å²) < 4.78 is 0. The highest BCUT2D eigenvalue weighted by atomic mass is 16.2. The lowest BCUT2D eigenvalue weighted by Gasteiger charge is -2.40. The molecule has 6 nitrogen and oxygen atoms in total. The van der Waals surface area contributed by atoms with E-state index in [1.165, 1.54) is 0 Å². The van der Waals surface area contributed by atoms with Crippen molar-refractivity contribution in [3.63, 3.8) is 0 Å². The maximum atomic E-state index is 13.2. The Balaban J connectivity index is 1.48. The first-order chi connectivity index (χ1) is 13.6. The van der Waals surface area contributed by atoms with Crippen LogP contribution in [0.15, 0.2) is 41.3 Å².